The van der Waals surface area contributed by atoms with Crippen LogP contribution in [-0.2, 0) is 0 Å². The second-order valence-electron chi connectivity index (χ2n) is 8.29. The summed E-state index contributed by atoms with van der Waals surface area (Å²) in [5.41, 5.74) is 1.42. The fourth-order valence-electron chi connectivity index (χ4n) is 4.21. The molecule has 4 rings (SSSR count). The van der Waals surface area contributed by atoms with Crippen molar-refractivity contribution in [2.45, 2.75) is 49.6 Å². The Bertz CT molecular complexity index is 1050. The molecule has 172 valence electrons. The van der Waals surface area contributed by atoms with Gasteiger partial charge in [-0.2, -0.15) is 0 Å². The van der Waals surface area contributed by atoms with Crippen LogP contribution in [0.15, 0.2) is 83.8 Å². The third kappa shape index (κ3) is 5.72. The molecule has 0 bridgehead atoms. The first kappa shape index (κ1) is 23.2. The van der Waals surface area contributed by atoms with Gasteiger partial charge in [-0.15, -0.1) is 11.8 Å². The number of para-hydroxylation sites is 1. The van der Waals surface area contributed by atoms with E-state index in [9.17, 15) is 4.79 Å². The maximum absolute atomic E-state index is 13.0. The molecule has 1 amide bonds. The summed E-state index contributed by atoms with van der Waals surface area (Å²) in [6.45, 7) is 4.90. The first-order valence-electron chi connectivity index (χ1n) is 11.6. The summed E-state index contributed by atoms with van der Waals surface area (Å²) >= 11 is 1.77. The van der Waals surface area contributed by atoms with Crippen LogP contribution >= 0.6 is 11.8 Å². The number of benzene rings is 3. The molecule has 3 aromatic rings. The van der Waals surface area contributed by atoms with Gasteiger partial charge in [0.15, 0.2) is 0 Å². The van der Waals surface area contributed by atoms with Crippen molar-refractivity contribution in [1.29, 1.82) is 0 Å². The number of hydrogen-bond acceptors (Lipinski definition) is 4. The molecule has 0 spiro atoms. The van der Waals surface area contributed by atoms with Gasteiger partial charge in [0, 0.05) is 28.2 Å². The summed E-state index contributed by atoms with van der Waals surface area (Å²) < 4.78 is 12.2. The number of nitrogens with one attached hydrogen (secondary N) is 1. The van der Waals surface area contributed by atoms with E-state index < -0.39 is 0 Å². The minimum atomic E-state index is -0.248. The lowest BCUT2D eigenvalue weighted by atomic mass is 9.83. The standard InChI is InChI=1S/C28H31NO3S/c1-3-28(4-2)20-25(24-12-8-9-13-26(24)32-28)29-27(30)21-14-16-22(17-15-21)31-18-19-33-23-10-6-5-7-11-23/h5-17,25H,3-4,18-20H2,1-2H3,(H,29,30)/t25-/m1/s1. The van der Waals surface area contributed by atoms with E-state index in [1.807, 2.05) is 66.7 Å². The Morgan fingerprint density at radius 3 is 2.42 bits per heavy atom. The van der Waals surface area contributed by atoms with E-state index in [0.717, 1.165) is 42.1 Å². The first-order valence-corrected chi connectivity index (χ1v) is 12.6. The lowest BCUT2D eigenvalue weighted by Crippen LogP contribution is -2.44. The van der Waals surface area contributed by atoms with Crippen LogP contribution in [-0.4, -0.2) is 23.9 Å². The van der Waals surface area contributed by atoms with Crippen molar-refractivity contribution in [3.63, 3.8) is 0 Å². The fraction of sp³-hybridized carbons (Fsp3) is 0.321. The zero-order chi connectivity index (χ0) is 23.1. The van der Waals surface area contributed by atoms with Crippen LogP contribution in [0.25, 0.3) is 0 Å². The molecule has 0 aliphatic carbocycles. The monoisotopic (exact) mass is 461 g/mol. The highest BCUT2D eigenvalue weighted by Crippen LogP contribution is 2.42. The molecular formula is C28H31NO3S. The van der Waals surface area contributed by atoms with E-state index in [1.54, 1.807) is 11.8 Å². The molecule has 0 aromatic heterocycles. The molecule has 0 radical (unpaired) electrons. The molecule has 5 heteroatoms. The number of ether oxygens (including phenoxy) is 2. The maximum Gasteiger partial charge on any atom is 0.251 e. The topological polar surface area (TPSA) is 47.6 Å². The Morgan fingerprint density at radius 2 is 1.70 bits per heavy atom. The third-order valence-electron chi connectivity index (χ3n) is 6.27. The fourth-order valence-corrected chi connectivity index (χ4v) is 4.96. The van der Waals surface area contributed by atoms with Crippen LogP contribution < -0.4 is 14.8 Å². The van der Waals surface area contributed by atoms with E-state index in [0.29, 0.717) is 12.2 Å². The summed E-state index contributed by atoms with van der Waals surface area (Å²) in [6, 6.07) is 25.6. The second-order valence-corrected chi connectivity index (χ2v) is 9.46. The van der Waals surface area contributed by atoms with E-state index in [4.69, 9.17) is 9.47 Å². The van der Waals surface area contributed by atoms with E-state index >= 15 is 0 Å². The molecule has 0 saturated heterocycles. The average molecular weight is 462 g/mol. The Hall–Kier alpha value is -2.92. The predicted octanol–water partition coefficient (Wildman–Crippen LogP) is 6.67. The third-order valence-corrected chi connectivity index (χ3v) is 7.25. The van der Waals surface area contributed by atoms with Gasteiger partial charge in [-0.3, -0.25) is 4.79 Å². The quantitative estimate of drug-likeness (QED) is 0.286. The van der Waals surface area contributed by atoms with E-state index in [2.05, 4.69) is 31.3 Å². The van der Waals surface area contributed by atoms with Gasteiger partial charge < -0.3 is 14.8 Å². The predicted molar refractivity (Wildman–Crippen MR) is 134 cm³/mol. The summed E-state index contributed by atoms with van der Waals surface area (Å²) in [5, 5.41) is 3.24. The van der Waals surface area contributed by atoms with Crippen LogP contribution in [0.5, 0.6) is 11.5 Å². The Labute approximate surface area is 200 Å². The zero-order valence-electron chi connectivity index (χ0n) is 19.3. The normalized spacial score (nSPS) is 16.4. The molecule has 33 heavy (non-hydrogen) atoms. The van der Waals surface area contributed by atoms with Crippen molar-refractivity contribution in [2.75, 3.05) is 12.4 Å². The van der Waals surface area contributed by atoms with Crippen molar-refractivity contribution in [2.24, 2.45) is 0 Å². The molecule has 1 aliphatic heterocycles. The molecule has 4 nitrogen and oxygen atoms in total. The minimum Gasteiger partial charge on any atom is -0.493 e. The van der Waals surface area contributed by atoms with Crippen molar-refractivity contribution in [1.82, 2.24) is 5.32 Å². The number of rotatable bonds is 9. The Morgan fingerprint density at radius 1 is 1.00 bits per heavy atom. The number of carbonyl (C=O) groups excluding carboxylic acids is 1. The number of thioether (sulfide) groups is 1. The van der Waals surface area contributed by atoms with Crippen molar-refractivity contribution >= 4 is 17.7 Å². The van der Waals surface area contributed by atoms with Crippen molar-refractivity contribution < 1.29 is 14.3 Å². The van der Waals surface area contributed by atoms with Gasteiger partial charge >= 0.3 is 0 Å². The summed E-state index contributed by atoms with van der Waals surface area (Å²) in [7, 11) is 0. The molecule has 0 fully saturated rings. The number of amides is 1. The highest BCUT2D eigenvalue weighted by atomic mass is 32.2. The molecule has 1 aliphatic rings. The van der Waals surface area contributed by atoms with E-state index in [-0.39, 0.29) is 17.6 Å². The van der Waals surface area contributed by atoms with Crippen LogP contribution in [0, 0.1) is 0 Å². The first-order chi connectivity index (χ1) is 16.1. The van der Waals surface area contributed by atoms with Crippen LogP contribution in [0.3, 0.4) is 0 Å². The van der Waals surface area contributed by atoms with E-state index in [1.165, 1.54) is 4.90 Å². The van der Waals surface area contributed by atoms with Crippen LogP contribution in [0.1, 0.15) is 55.1 Å². The Kier molecular flexibility index (Phi) is 7.61. The molecule has 0 unspecified atom stereocenters. The number of hydrogen-bond donors (Lipinski definition) is 1. The lowest BCUT2D eigenvalue weighted by Gasteiger charge is -2.41. The largest absolute Gasteiger partial charge is 0.493 e. The van der Waals surface area contributed by atoms with Gasteiger partial charge in [-0.25, -0.2) is 0 Å². The van der Waals surface area contributed by atoms with Crippen LogP contribution in [0.2, 0.25) is 0 Å². The Balaban J connectivity index is 1.35. The number of carbonyl (C=O) groups is 1. The SMILES string of the molecule is CCC1(CC)C[C@@H](NC(=O)c2ccc(OCCSc3ccccc3)cc2)c2ccccc2O1. The minimum absolute atomic E-state index is 0.0757. The molecule has 1 N–H and O–H groups in total. The van der Waals surface area contributed by atoms with Gasteiger partial charge in [0.25, 0.3) is 5.91 Å². The highest BCUT2D eigenvalue weighted by Gasteiger charge is 2.38. The molecule has 3 aromatic carbocycles. The van der Waals surface area contributed by atoms with Crippen LogP contribution in [0.4, 0.5) is 0 Å². The zero-order valence-corrected chi connectivity index (χ0v) is 20.1. The lowest BCUT2D eigenvalue weighted by molar-refractivity contribution is 0.0227. The van der Waals surface area contributed by atoms with Gasteiger partial charge in [0.05, 0.1) is 12.6 Å². The number of fused-ring (bicyclic) bond motifs is 1. The van der Waals surface area contributed by atoms with Gasteiger partial charge in [-0.05, 0) is 55.3 Å². The van der Waals surface area contributed by atoms with Gasteiger partial charge in [-0.1, -0.05) is 50.2 Å². The smallest absolute Gasteiger partial charge is 0.251 e. The van der Waals surface area contributed by atoms with Gasteiger partial charge in [0.1, 0.15) is 17.1 Å². The highest BCUT2D eigenvalue weighted by molar-refractivity contribution is 7.99. The molecule has 1 heterocycles. The second kappa shape index (κ2) is 10.8. The summed E-state index contributed by atoms with van der Waals surface area (Å²) in [6.07, 6.45) is 2.57. The summed E-state index contributed by atoms with van der Waals surface area (Å²) in [5.74, 6) is 2.43. The molecule has 1 atom stereocenters. The average Bonchev–Trinajstić information content (AvgIpc) is 2.87. The van der Waals surface area contributed by atoms with Crippen molar-refractivity contribution in [3.8, 4) is 11.5 Å². The summed E-state index contributed by atoms with van der Waals surface area (Å²) in [4.78, 5) is 14.3. The van der Waals surface area contributed by atoms with Crippen molar-refractivity contribution in [3.05, 3.63) is 90.0 Å². The van der Waals surface area contributed by atoms with Gasteiger partial charge in [0.2, 0.25) is 0 Å². The molecular weight excluding hydrogens is 430 g/mol. The molecule has 0 saturated carbocycles. The maximum atomic E-state index is 13.0.